The summed E-state index contributed by atoms with van der Waals surface area (Å²) in [5.74, 6) is 1.58. The lowest BCUT2D eigenvalue weighted by Gasteiger charge is -2.23. The number of anilines is 1. The molecule has 0 spiro atoms. The van der Waals surface area contributed by atoms with E-state index >= 15 is 0 Å². The molecule has 1 heterocycles. The Balaban J connectivity index is 1.90. The van der Waals surface area contributed by atoms with Crippen molar-refractivity contribution in [3.05, 3.63) is 30.0 Å². The summed E-state index contributed by atoms with van der Waals surface area (Å²) < 4.78 is 33.9. The lowest BCUT2D eigenvalue weighted by molar-refractivity contribution is -0.0498. The van der Waals surface area contributed by atoms with E-state index in [1.54, 1.807) is 12.1 Å². The van der Waals surface area contributed by atoms with E-state index in [-0.39, 0.29) is 5.75 Å². The van der Waals surface area contributed by atoms with Crippen molar-refractivity contribution >= 4 is 5.82 Å². The zero-order valence-corrected chi connectivity index (χ0v) is 10.7. The summed E-state index contributed by atoms with van der Waals surface area (Å²) in [6.07, 6.45) is 3.30. The molecule has 1 aromatic carbocycles. The average molecular weight is 280 g/mol. The Morgan fingerprint density at radius 1 is 1.25 bits per heavy atom. The first-order valence-electron chi connectivity index (χ1n) is 6.45. The van der Waals surface area contributed by atoms with Gasteiger partial charge in [0.1, 0.15) is 11.5 Å². The number of halogens is 2. The number of rotatable bonds is 4. The van der Waals surface area contributed by atoms with E-state index in [4.69, 9.17) is 10.3 Å². The largest absolute Gasteiger partial charge is 0.435 e. The summed E-state index contributed by atoms with van der Waals surface area (Å²) in [7, 11) is 0. The molecule has 0 aliphatic heterocycles. The van der Waals surface area contributed by atoms with E-state index in [0.717, 1.165) is 29.7 Å². The number of hydrogen-bond donors (Lipinski definition) is 1. The van der Waals surface area contributed by atoms with Gasteiger partial charge >= 0.3 is 6.61 Å². The standard InChI is InChI=1S/C14H14F2N2O2/c15-14(16)19-10-6-4-8(5-7-10)11-12(9-2-1-3-9)20-18-13(11)17/h4-7,9,14H,1-3H2,(H2,17,18). The summed E-state index contributed by atoms with van der Waals surface area (Å²) in [5, 5.41) is 3.82. The second-order valence-corrected chi connectivity index (χ2v) is 4.84. The Labute approximate surface area is 114 Å². The maximum absolute atomic E-state index is 12.1. The van der Waals surface area contributed by atoms with Gasteiger partial charge in [0.2, 0.25) is 0 Å². The van der Waals surface area contributed by atoms with Crippen LogP contribution in [0.1, 0.15) is 30.9 Å². The van der Waals surface area contributed by atoms with Gasteiger partial charge < -0.3 is 15.0 Å². The highest BCUT2D eigenvalue weighted by atomic mass is 19.3. The van der Waals surface area contributed by atoms with Gasteiger partial charge in [0.15, 0.2) is 5.82 Å². The molecule has 2 aromatic rings. The number of alkyl halides is 2. The highest BCUT2D eigenvalue weighted by Gasteiger charge is 2.28. The molecule has 2 N–H and O–H groups in total. The van der Waals surface area contributed by atoms with Gasteiger partial charge in [-0.3, -0.25) is 0 Å². The van der Waals surface area contributed by atoms with Crippen molar-refractivity contribution in [1.29, 1.82) is 0 Å². The topological polar surface area (TPSA) is 61.3 Å². The molecule has 0 saturated heterocycles. The van der Waals surface area contributed by atoms with Crippen molar-refractivity contribution in [3.8, 4) is 16.9 Å². The van der Waals surface area contributed by atoms with Crippen LogP contribution in [0, 0.1) is 0 Å². The Hall–Kier alpha value is -2.11. The van der Waals surface area contributed by atoms with Crippen molar-refractivity contribution in [2.45, 2.75) is 31.8 Å². The molecule has 6 heteroatoms. The van der Waals surface area contributed by atoms with Crippen molar-refractivity contribution in [1.82, 2.24) is 5.16 Å². The van der Waals surface area contributed by atoms with Crippen LogP contribution >= 0.6 is 0 Å². The first kappa shape index (κ1) is 12.9. The fraction of sp³-hybridized carbons (Fsp3) is 0.357. The maximum Gasteiger partial charge on any atom is 0.387 e. The molecule has 106 valence electrons. The lowest BCUT2D eigenvalue weighted by Crippen LogP contribution is -2.09. The van der Waals surface area contributed by atoms with Gasteiger partial charge in [0, 0.05) is 5.92 Å². The zero-order chi connectivity index (χ0) is 14.1. The smallest absolute Gasteiger partial charge is 0.387 e. The van der Waals surface area contributed by atoms with Crippen LogP contribution in [0.2, 0.25) is 0 Å². The summed E-state index contributed by atoms with van der Waals surface area (Å²) in [6.45, 7) is -2.83. The first-order chi connectivity index (χ1) is 9.65. The molecule has 3 rings (SSSR count). The molecular formula is C14H14F2N2O2. The molecular weight excluding hydrogens is 266 g/mol. The van der Waals surface area contributed by atoms with Crippen molar-refractivity contribution in [2.75, 3.05) is 5.73 Å². The molecule has 1 fully saturated rings. The highest BCUT2D eigenvalue weighted by molar-refractivity contribution is 5.76. The third-order valence-corrected chi connectivity index (χ3v) is 3.59. The second kappa shape index (κ2) is 5.11. The molecule has 0 unspecified atom stereocenters. The quantitative estimate of drug-likeness (QED) is 0.925. The number of hydrogen-bond acceptors (Lipinski definition) is 4. The Bertz CT molecular complexity index is 592. The highest BCUT2D eigenvalue weighted by Crippen LogP contribution is 2.43. The Morgan fingerprint density at radius 3 is 2.50 bits per heavy atom. The van der Waals surface area contributed by atoms with E-state index in [1.807, 2.05) is 0 Å². The van der Waals surface area contributed by atoms with Crippen LogP contribution in [0.15, 0.2) is 28.8 Å². The summed E-state index contributed by atoms with van der Waals surface area (Å²) in [5.41, 5.74) is 7.41. The van der Waals surface area contributed by atoms with Crippen molar-refractivity contribution in [2.24, 2.45) is 0 Å². The van der Waals surface area contributed by atoms with Gasteiger partial charge in [-0.25, -0.2) is 0 Å². The second-order valence-electron chi connectivity index (χ2n) is 4.84. The number of nitrogens with two attached hydrogens (primary N) is 1. The van der Waals surface area contributed by atoms with Gasteiger partial charge in [-0.05, 0) is 30.5 Å². The maximum atomic E-state index is 12.1. The lowest BCUT2D eigenvalue weighted by atomic mass is 9.81. The molecule has 4 nitrogen and oxygen atoms in total. The van der Waals surface area contributed by atoms with Crippen LogP contribution in [0.5, 0.6) is 5.75 Å². The SMILES string of the molecule is Nc1noc(C2CCC2)c1-c1ccc(OC(F)F)cc1. The van der Waals surface area contributed by atoms with E-state index in [1.165, 1.54) is 18.6 Å². The third-order valence-electron chi connectivity index (χ3n) is 3.59. The average Bonchev–Trinajstić information content (AvgIpc) is 2.70. The fourth-order valence-electron chi connectivity index (χ4n) is 2.36. The summed E-state index contributed by atoms with van der Waals surface area (Å²) in [4.78, 5) is 0. The Kier molecular flexibility index (Phi) is 3.30. The van der Waals surface area contributed by atoms with Crippen LogP contribution in [-0.2, 0) is 0 Å². The predicted molar refractivity (Wildman–Crippen MR) is 69.6 cm³/mol. The molecule has 0 atom stereocenters. The minimum Gasteiger partial charge on any atom is -0.435 e. The molecule has 0 amide bonds. The monoisotopic (exact) mass is 280 g/mol. The van der Waals surface area contributed by atoms with Crippen molar-refractivity contribution in [3.63, 3.8) is 0 Å². The van der Waals surface area contributed by atoms with E-state index in [0.29, 0.717) is 11.7 Å². The van der Waals surface area contributed by atoms with Crippen LogP contribution in [-0.4, -0.2) is 11.8 Å². The van der Waals surface area contributed by atoms with E-state index < -0.39 is 6.61 Å². The van der Waals surface area contributed by atoms with Gasteiger partial charge in [-0.15, -0.1) is 0 Å². The number of ether oxygens (including phenoxy) is 1. The normalized spacial score (nSPS) is 15.3. The van der Waals surface area contributed by atoms with Gasteiger partial charge in [-0.2, -0.15) is 8.78 Å². The van der Waals surface area contributed by atoms with Gasteiger partial charge in [0.05, 0.1) is 5.56 Å². The molecule has 1 aromatic heterocycles. The third kappa shape index (κ3) is 2.33. The molecule has 1 aliphatic rings. The molecule has 20 heavy (non-hydrogen) atoms. The summed E-state index contributed by atoms with van der Waals surface area (Å²) >= 11 is 0. The Morgan fingerprint density at radius 2 is 1.95 bits per heavy atom. The van der Waals surface area contributed by atoms with Crippen LogP contribution in [0.3, 0.4) is 0 Å². The minimum absolute atomic E-state index is 0.115. The van der Waals surface area contributed by atoms with Crippen molar-refractivity contribution < 1.29 is 18.0 Å². The van der Waals surface area contributed by atoms with E-state index in [2.05, 4.69) is 9.89 Å². The molecule has 0 bridgehead atoms. The number of benzene rings is 1. The van der Waals surface area contributed by atoms with Crippen LogP contribution in [0.25, 0.3) is 11.1 Å². The first-order valence-corrected chi connectivity index (χ1v) is 6.45. The molecule has 1 saturated carbocycles. The van der Waals surface area contributed by atoms with Gasteiger partial charge in [-0.1, -0.05) is 23.7 Å². The zero-order valence-electron chi connectivity index (χ0n) is 10.7. The van der Waals surface area contributed by atoms with E-state index in [9.17, 15) is 8.78 Å². The van der Waals surface area contributed by atoms with Gasteiger partial charge in [0.25, 0.3) is 0 Å². The molecule has 0 radical (unpaired) electrons. The minimum atomic E-state index is -2.83. The van der Waals surface area contributed by atoms with Crippen LogP contribution in [0.4, 0.5) is 14.6 Å². The predicted octanol–water partition coefficient (Wildman–Crippen LogP) is 3.79. The number of nitrogens with zero attached hydrogens (tertiary/aromatic N) is 1. The fourth-order valence-corrected chi connectivity index (χ4v) is 2.36. The number of nitrogen functional groups attached to an aromatic ring is 1. The number of aromatic nitrogens is 1. The van der Waals surface area contributed by atoms with Crippen LogP contribution < -0.4 is 10.5 Å². The summed E-state index contributed by atoms with van der Waals surface area (Å²) in [6, 6.07) is 6.34. The molecule has 1 aliphatic carbocycles.